The van der Waals surface area contributed by atoms with Crippen molar-refractivity contribution in [1.82, 2.24) is 15.5 Å². The van der Waals surface area contributed by atoms with Crippen LogP contribution in [0.3, 0.4) is 0 Å². The Hall–Kier alpha value is -4.41. The SMILES string of the molecule is Cc1cc(C)cc(C(C(=O)NC(Cc2ccccc2)C(=O)OC(C)(C)C)N(C(=O)C(CCC(N)=O)NC(=O)OC(C)(C)C)C2CC2)c1. The Morgan fingerprint density at radius 1 is 0.851 bits per heavy atom. The van der Waals surface area contributed by atoms with Gasteiger partial charge in [0, 0.05) is 18.9 Å². The fraction of sp³-hybridized carbons (Fsp3) is 0.528. The second-order valence-corrected chi connectivity index (χ2v) is 14.3. The van der Waals surface area contributed by atoms with E-state index in [1.807, 2.05) is 62.4 Å². The summed E-state index contributed by atoms with van der Waals surface area (Å²) in [6, 6.07) is 11.2. The Kier molecular flexibility index (Phi) is 12.2. The summed E-state index contributed by atoms with van der Waals surface area (Å²) in [5.41, 5.74) is 6.91. The molecule has 2 aromatic rings. The number of aryl methyl sites for hydroxylation is 2. The number of hydrogen-bond donors (Lipinski definition) is 3. The molecule has 0 radical (unpaired) electrons. The van der Waals surface area contributed by atoms with E-state index in [0.717, 1.165) is 16.7 Å². The van der Waals surface area contributed by atoms with Crippen LogP contribution in [0.15, 0.2) is 48.5 Å². The molecule has 47 heavy (non-hydrogen) atoms. The average molecular weight is 651 g/mol. The summed E-state index contributed by atoms with van der Waals surface area (Å²) in [7, 11) is 0. The van der Waals surface area contributed by atoms with Crippen molar-refractivity contribution in [1.29, 1.82) is 0 Å². The highest BCUT2D eigenvalue weighted by atomic mass is 16.6. The molecule has 1 saturated carbocycles. The van der Waals surface area contributed by atoms with E-state index in [9.17, 15) is 24.0 Å². The van der Waals surface area contributed by atoms with Gasteiger partial charge < -0.3 is 30.7 Å². The smallest absolute Gasteiger partial charge is 0.408 e. The molecule has 11 nitrogen and oxygen atoms in total. The molecular formula is C36H50N4O7. The number of hydrogen-bond acceptors (Lipinski definition) is 7. The lowest BCUT2D eigenvalue weighted by atomic mass is 9.97. The number of esters is 1. The van der Waals surface area contributed by atoms with E-state index in [2.05, 4.69) is 10.6 Å². The average Bonchev–Trinajstić information content (AvgIpc) is 3.76. The number of alkyl carbamates (subject to hydrolysis) is 1. The second-order valence-electron chi connectivity index (χ2n) is 14.3. The molecule has 0 aliphatic heterocycles. The van der Waals surface area contributed by atoms with E-state index >= 15 is 0 Å². The van der Waals surface area contributed by atoms with Crippen LogP contribution in [0, 0.1) is 13.8 Å². The first kappa shape index (κ1) is 37.1. The molecule has 0 heterocycles. The zero-order valence-electron chi connectivity index (χ0n) is 28.8. The highest BCUT2D eigenvalue weighted by molar-refractivity contribution is 5.94. The molecule has 1 aliphatic carbocycles. The Bertz CT molecular complexity index is 1420. The number of nitrogens with one attached hydrogen (secondary N) is 2. The van der Waals surface area contributed by atoms with Gasteiger partial charge >= 0.3 is 12.1 Å². The van der Waals surface area contributed by atoms with Crippen molar-refractivity contribution in [3.05, 3.63) is 70.8 Å². The third-order valence-corrected chi connectivity index (χ3v) is 7.24. The summed E-state index contributed by atoms with van der Waals surface area (Å²) in [6.07, 6.45) is 0.329. The van der Waals surface area contributed by atoms with Gasteiger partial charge in [-0.05, 0) is 85.8 Å². The number of primary amides is 1. The topological polar surface area (TPSA) is 157 Å². The van der Waals surface area contributed by atoms with Crippen LogP contribution in [0.5, 0.6) is 0 Å². The maximum absolute atomic E-state index is 14.5. The van der Waals surface area contributed by atoms with Crippen LogP contribution in [0.2, 0.25) is 0 Å². The molecule has 2 aromatic carbocycles. The van der Waals surface area contributed by atoms with Gasteiger partial charge in [0.1, 0.15) is 29.3 Å². The van der Waals surface area contributed by atoms with Crippen molar-refractivity contribution in [3.8, 4) is 0 Å². The summed E-state index contributed by atoms with van der Waals surface area (Å²) in [5, 5.41) is 5.52. The Morgan fingerprint density at radius 3 is 1.94 bits per heavy atom. The molecule has 1 aliphatic rings. The third kappa shape index (κ3) is 12.0. The fourth-order valence-electron chi connectivity index (χ4n) is 5.32. The number of carbonyl (C=O) groups is 5. The van der Waals surface area contributed by atoms with Crippen LogP contribution < -0.4 is 16.4 Å². The van der Waals surface area contributed by atoms with E-state index in [1.54, 1.807) is 41.5 Å². The van der Waals surface area contributed by atoms with Gasteiger partial charge in [0.25, 0.3) is 0 Å². The summed E-state index contributed by atoms with van der Waals surface area (Å²) >= 11 is 0. The Balaban J connectivity index is 2.07. The third-order valence-electron chi connectivity index (χ3n) is 7.24. The first-order valence-electron chi connectivity index (χ1n) is 16.1. The number of nitrogens with zero attached hydrogens (tertiary/aromatic N) is 1. The van der Waals surface area contributed by atoms with Gasteiger partial charge in [0.2, 0.25) is 17.7 Å². The Morgan fingerprint density at radius 2 is 1.43 bits per heavy atom. The lowest BCUT2D eigenvalue weighted by Gasteiger charge is -2.35. The lowest BCUT2D eigenvalue weighted by molar-refractivity contribution is -0.159. The molecule has 4 N–H and O–H groups in total. The molecule has 1 fully saturated rings. The highest BCUT2D eigenvalue weighted by Crippen LogP contribution is 2.36. The summed E-state index contributed by atoms with van der Waals surface area (Å²) in [6.45, 7) is 14.1. The molecule has 3 rings (SSSR count). The molecule has 256 valence electrons. The van der Waals surface area contributed by atoms with Gasteiger partial charge in [0.05, 0.1) is 0 Å². The summed E-state index contributed by atoms with van der Waals surface area (Å²) < 4.78 is 11.1. The van der Waals surface area contributed by atoms with Crippen molar-refractivity contribution in [2.24, 2.45) is 5.73 Å². The standard InChI is InChI=1S/C36H50N4O7/c1-22-18-23(2)20-25(19-22)30(31(42)38-28(33(44)46-35(3,4)5)21-24-12-10-9-11-13-24)40(26-14-15-26)32(43)27(16-17-29(37)41)39-34(45)47-36(6,7)8/h9-13,18-20,26-28,30H,14-17,21H2,1-8H3,(H2,37,41)(H,38,42)(H,39,45). The summed E-state index contributed by atoms with van der Waals surface area (Å²) in [4.78, 5) is 68.6. The molecule has 0 saturated heterocycles. The summed E-state index contributed by atoms with van der Waals surface area (Å²) in [5.74, 6) is -2.38. The largest absolute Gasteiger partial charge is 0.458 e. The van der Waals surface area contributed by atoms with Gasteiger partial charge in [-0.1, -0.05) is 59.7 Å². The first-order valence-corrected chi connectivity index (χ1v) is 16.1. The van der Waals surface area contributed by atoms with Crippen LogP contribution in [0.25, 0.3) is 0 Å². The number of nitrogens with two attached hydrogens (primary N) is 1. The van der Waals surface area contributed by atoms with Crippen molar-refractivity contribution in [2.45, 2.75) is 123 Å². The van der Waals surface area contributed by atoms with Crippen LogP contribution in [0.1, 0.15) is 95.5 Å². The Labute approximate surface area is 277 Å². The van der Waals surface area contributed by atoms with E-state index < -0.39 is 59.1 Å². The predicted molar refractivity (Wildman–Crippen MR) is 178 cm³/mol. The van der Waals surface area contributed by atoms with Crippen molar-refractivity contribution < 1.29 is 33.4 Å². The number of amides is 4. The predicted octanol–water partition coefficient (Wildman–Crippen LogP) is 4.56. The molecule has 4 amide bonds. The van der Waals surface area contributed by atoms with E-state index in [0.29, 0.717) is 18.4 Å². The zero-order valence-corrected chi connectivity index (χ0v) is 28.8. The van der Waals surface area contributed by atoms with E-state index in [1.165, 1.54) is 4.90 Å². The van der Waals surface area contributed by atoms with Crippen molar-refractivity contribution in [2.75, 3.05) is 0 Å². The monoisotopic (exact) mass is 650 g/mol. The number of rotatable bonds is 13. The minimum Gasteiger partial charge on any atom is -0.458 e. The van der Waals surface area contributed by atoms with Gasteiger partial charge in [-0.25, -0.2) is 9.59 Å². The van der Waals surface area contributed by atoms with E-state index in [4.69, 9.17) is 15.2 Å². The number of ether oxygens (including phenoxy) is 2. The second kappa shape index (κ2) is 15.5. The van der Waals surface area contributed by atoms with Crippen molar-refractivity contribution >= 4 is 29.8 Å². The van der Waals surface area contributed by atoms with Crippen LogP contribution >= 0.6 is 0 Å². The normalized spacial score (nSPS) is 15.1. The number of benzene rings is 2. The van der Waals surface area contributed by atoms with Gasteiger partial charge in [-0.2, -0.15) is 0 Å². The minimum atomic E-state index is -1.20. The molecule has 0 aromatic heterocycles. The van der Waals surface area contributed by atoms with Crippen LogP contribution in [-0.4, -0.2) is 64.0 Å². The molecule has 0 spiro atoms. The maximum atomic E-state index is 14.5. The molecular weight excluding hydrogens is 600 g/mol. The van der Waals surface area contributed by atoms with Gasteiger partial charge in [0.15, 0.2) is 0 Å². The van der Waals surface area contributed by atoms with Gasteiger partial charge in [-0.15, -0.1) is 0 Å². The molecule has 11 heteroatoms. The van der Waals surface area contributed by atoms with Gasteiger partial charge in [-0.3, -0.25) is 14.4 Å². The quantitative estimate of drug-likeness (QED) is 0.268. The maximum Gasteiger partial charge on any atom is 0.408 e. The van der Waals surface area contributed by atoms with Crippen LogP contribution in [-0.2, 0) is 35.1 Å². The van der Waals surface area contributed by atoms with E-state index in [-0.39, 0.29) is 25.3 Å². The molecule has 3 atom stereocenters. The fourth-order valence-corrected chi connectivity index (χ4v) is 5.32. The first-order chi connectivity index (χ1) is 21.8. The molecule has 0 bridgehead atoms. The highest BCUT2D eigenvalue weighted by Gasteiger charge is 2.45. The zero-order chi connectivity index (χ0) is 35.1. The lowest BCUT2D eigenvalue weighted by Crippen LogP contribution is -2.55. The minimum absolute atomic E-state index is 0.0909. The number of carbonyl (C=O) groups excluding carboxylic acids is 5. The molecule has 3 unspecified atom stereocenters. The van der Waals surface area contributed by atoms with Crippen LogP contribution in [0.4, 0.5) is 4.79 Å². The van der Waals surface area contributed by atoms with Crippen molar-refractivity contribution in [3.63, 3.8) is 0 Å².